The molecule has 0 aromatic heterocycles. The van der Waals surface area contributed by atoms with E-state index in [-0.39, 0.29) is 12.5 Å². The van der Waals surface area contributed by atoms with Crippen molar-refractivity contribution in [2.75, 3.05) is 13.7 Å². The van der Waals surface area contributed by atoms with Gasteiger partial charge >= 0.3 is 5.97 Å². The fraction of sp³-hybridized carbons (Fsp3) is 0.333. The van der Waals surface area contributed by atoms with Crippen LogP contribution in [0.4, 0.5) is 0 Å². The van der Waals surface area contributed by atoms with E-state index >= 15 is 0 Å². The fourth-order valence-corrected chi connectivity index (χ4v) is 1.96. The number of hydrogen-bond acceptors (Lipinski definition) is 3. The Hall–Kier alpha value is -0.880. The first kappa shape index (κ1) is 15.2. The molecular weight excluding hydrogens is 366 g/mol. The summed E-state index contributed by atoms with van der Waals surface area (Å²) in [7, 11) is 1.30. The Bertz CT molecular complexity index is 463. The Labute approximate surface area is 122 Å². The molecule has 0 saturated heterocycles. The van der Waals surface area contributed by atoms with Crippen LogP contribution >= 0.6 is 31.9 Å². The van der Waals surface area contributed by atoms with Crippen molar-refractivity contribution in [3.05, 3.63) is 33.8 Å². The van der Waals surface area contributed by atoms with Crippen molar-refractivity contribution in [1.82, 2.24) is 5.32 Å². The van der Waals surface area contributed by atoms with Crippen molar-refractivity contribution in [1.29, 1.82) is 0 Å². The van der Waals surface area contributed by atoms with E-state index in [0.29, 0.717) is 5.56 Å². The summed E-state index contributed by atoms with van der Waals surface area (Å²) >= 11 is 6.50. The molecule has 1 aromatic rings. The first-order chi connectivity index (χ1) is 8.45. The van der Waals surface area contributed by atoms with Crippen molar-refractivity contribution in [2.24, 2.45) is 0 Å². The van der Waals surface area contributed by atoms with Gasteiger partial charge in [-0.15, -0.1) is 0 Å². The maximum Gasteiger partial charge on any atom is 0.321 e. The van der Waals surface area contributed by atoms with Gasteiger partial charge in [-0.3, -0.25) is 9.59 Å². The lowest BCUT2D eigenvalue weighted by atomic mass is 10.1. The molecule has 1 amide bonds. The van der Waals surface area contributed by atoms with E-state index in [1.165, 1.54) is 7.11 Å². The summed E-state index contributed by atoms with van der Waals surface area (Å²) in [6.45, 7) is 2.12. The van der Waals surface area contributed by atoms with Crippen molar-refractivity contribution < 1.29 is 14.3 Å². The zero-order valence-electron chi connectivity index (χ0n) is 10.00. The maximum atomic E-state index is 11.8. The van der Waals surface area contributed by atoms with Crippen LogP contribution in [0.2, 0.25) is 0 Å². The number of hydrogen-bond donors (Lipinski definition) is 1. The summed E-state index contributed by atoms with van der Waals surface area (Å²) in [5.41, 5.74) is 1.59. The van der Waals surface area contributed by atoms with Crippen LogP contribution in [0.3, 0.4) is 0 Å². The molecule has 1 unspecified atom stereocenters. The van der Waals surface area contributed by atoms with Crippen LogP contribution < -0.4 is 5.32 Å². The van der Waals surface area contributed by atoms with Gasteiger partial charge in [-0.25, -0.2) is 0 Å². The van der Waals surface area contributed by atoms with Crippen LogP contribution in [0.25, 0.3) is 0 Å². The third-order valence-corrected chi connectivity index (χ3v) is 3.88. The van der Waals surface area contributed by atoms with Gasteiger partial charge in [0.05, 0.1) is 7.11 Å². The maximum absolute atomic E-state index is 11.8. The van der Waals surface area contributed by atoms with E-state index < -0.39 is 10.8 Å². The molecule has 98 valence electrons. The number of aryl methyl sites for hydroxylation is 1. The molecule has 0 spiro atoms. The fourth-order valence-electron chi connectivity index (χ4n) is 1.23. The molecule has 1 rings (SSSR count). The Morgan fingerprint density at radius 2 is 2.11 bits per heavy atom. The summed E-state index contributed by atoms with van der Waals surface area (Å²) in [6.07, 6.45) is 0. The number of rotatable bonds is 4. The van der Waals surface area contributed by atoms with Gasteiger partial charge in [0.15, 0.2) is 0 Å². The lowest BCUT2D eigenvalue weighted by Crippen LogP contribution is -2.33. The third kappa shape index (κ3) is 4.10. The Morgan fingerprint density at radius 3 is 2.67 bits per heavy atom. The minimum absolute atomic E-state index is 0.178. The van der Waals surface area contributed by atoms with Crippen LogP contribution in [0, 0.1) is 6.92 Å². The molecule has 4 nitrogen and oxygen atoms in total. The van der Waals surface area contributed by atoms with E-state index in [9.17, 15) is 9.59 Å². The molecule has 0 heterocycles. The molecule has 6 heteroatoms. The lowest BCUT2D eigenvalue weighted by Gasteiger charge is -2.09. The number of halogens is 2. The summed E-state index contributed by atoms with van der Waals surface area (Å²) < 4.78 is 5.41. The van der Waals surface area contributed by atoms with E-state index in [1.807, 2.05) is 13.0 Å². The first-order valence-electron chi connectivity index (χ1n) is 5.22. The van der Waals surface area contributed by atoms with E-state index in [2.05, 4.69) is 41.9 Å². The number of benzene rings is 1. The molecule has 0 aliphatic carbocycles. The second-order valence-electron chi connectivity index (χ2n) is 3.66. The number of methoxy groups -OCH3 is 1. The van der Waals surface area contributed by atoms with E-state index in [1.54, 1.807) is 12.1 Å². The molecule has 0 saturated carbocycles. The van der Waals surface area contributed by atoms with Gasteiger partial charge in [-0.2, -0.15) is 0 Å². The number of amides is 1. The van der Waals surface area contributed by atoms with E-state index in [4.69, 9.17) is 0 Å². The van der Waals surface area contributed by atoms with Crippen LogP contribution in [-0.2, 0) is 9.53 Å². The molecule has 18 heavy (non-hydrogen) atoms. The number of esters is 1. The third-order valence-electron chi connectivity index (χ3n) is 2.33. The minimum atomic E-state index is -0.541. The van der Waals surface area contributed by atoms with Crippen LogP contribution in [0.1, 0.15) is 15.9 Å². The van der Waals surface area contributed by atoms with E-state index in [0.717, 1.165) is 10.0 Å². The van der Waals surface area contributed by atoms with Crippen molar-refractivity contribution >= 4 is 43.7 Å². The summed E-state index contributed by atoms with van der Waals surface area (Å²) in [5, 5.41) is 2.65. The molecular formula is C12H13Br2NO3. The second-order valence-corrected chi connectivity index (χ2v) is 5.62. The summed E-state index contributed by atoms with van der Waals surface area (Å²) in [4.78, 5) is 22.4. The highest BCUT2D eigenvalue weighted by Gasteiger charge is 2.16. The summed E-state index contributed by atoms with van der Waals surface area (Å²) in [6, 6.07) is 5.33. The molecule has 1 aromatic carbocycles. The summed E-state index contributed by atoms with van der Waals surface area (Å²) in [5.74, 6) is -0.649. The normalized spacial score (nSPS) is 11.8. The Kier molecular flexibility index (Phi) is 5.81. The van der Waals surface area contributed by atoms with Gasteiger partial charge < -0.3 is 10.1 Å². The average molecular weight is 379 g/mol. The van der Waals surface area contributed by atoms with Crippen LogP contribution in [0.5, 0.6) is 0 Å². The smallest absolute Gasteiger partial charge is 0.321 e. The standard InChI is InChI=1S/C12H13Br2NO3/c1-7-3-4-8(5-9(7)13)11(16)15-6-10(14)12(17)18-2/h3-5,10H,6H2,1-2H3,(H,15,16). The zero-order valence-corrected chi connectivity index (χ0v) is 13.2. The molecule has 1 atom stereocenters. The lowest BCUT2D eigenvalue weighted by molar-refractivity contribution is -0.139. The molecule has 1 N–H and O–H groups in total. The monoisotopic (exact) mass is 377 g/mol. The van der Waals surface area contributed by atoms with Crippen molar-refractivity contribution in [3.8, 4) is 0 Å². The number of nitrogens with one attached hydrogen (secondary N) is 1. The molecule has 0 fully saturated rings. The number of carbonyl (C=O) groups excluding carboxylic acids is 2. The number of carbonyl (C=O) groups is 2. The minimum Gasteiger partial charge on any atom is -0.468 e. The molecule has 0 radical (unpaired) electrons. The topological polar surface area (TPSA) is 55.4 Å². The van der Waals surface area contributed by atoms with Gasteiger partial charge in [-0.1, -0.05) is 37.9 Å². The molecule has 0 bridgehead atoms. The van der Waals surface area contributed by atoms with Gasteiger partial charge in [0.2, 0.25) is 0 Å². The van der Waals surface area contributed by atoms with Gasteiger partial charge in [0.25, 0.3) is 5.91 Å². The largest absolute Gasteiger partial charge is 0.468 e. The quantitative estimate of drug-likeness (QED) is 0.646. The zero-order chi connectivity index (χ0) is 13.7. The number of alkyl halides is 1. The molecule has 0 aliphatic heterocycles. The van der Waals surface area contributed by atoms with Crippen molar-refractivity contribution in [3.63, 3.8) is 0 Å². The Morgan fingerprint density at radius 1 is 1.44 bits per heavy atom. The first-order valence-corrected chi connectivity index (χ1v) is 6.93. The highest BCUT2D eigenvalue weighted by Crippen LogP contribution is 2.17. The second kappa shape index (κ2) is 6.89. The highest BCUT2D eigenvalue weighted by molar-refractivity contribution is 9.10. The molecule has 0 aliphatic rings. The van der Waals surface area contributed by atoms with Gasteiger partial charge in [0, 0.05) is 16.6 Å². The predicted octanol–water partition coefficient (Wildman–Crippen LogP) is 2.42. The van der Waals surface area contributed by atoms with Crippen LogP contribution in [-0.4, -0.2) is 30.4 Å². The Balaban J connectivity index is 2.60. The number of ether oxygens (including phenoxy) is 1. The van der Waals surface area contributed by atoms with Crippen molar-refractivity contribution in [2.45, 2.75) is 11.8 Å². The SMILES string of the molecule is COC(=O)C(Br)CNC(=O)c1ccc(C)c(Br)c1. The predicted molar refractivity (Wildman–Crippen MR) is 75.9 cm³/mol. The van der Waals surface area contributed by atoms with Gasteiger partial charge in [0.1, 0.15) is 4.83 Å². The average Bonchev–Trinajstić information content (AvgIpc) is 2.37. The van der Waals surface area contributed by atoms with Crippen LogP contribution in [0.15, 0.2) is 22.7 Å². The van der Waals surface area contributed by atoms with Gasteiger partial charge in [-0.05, 0) is 24.6 Å². The highest BCUT2D eigenvalue weighted by atomic mass is 79.9.